The van der Waals surface area contributed by atoms with Crippen LogP contribution >= 0.6 is 0 Å². The van der Waals surface area contributed by atoms with Crippen LogP contribution in [0.2, 0.25) is 0 Å². The van der Waals surface area contributed by atoms with Gasteiger partial charge in [-0.2, -0.15) is 0 Å². The maximum atomic E-state index is 15.3. The van der Waals surface area contributed by atoms with Crippen molar-refractivity contribution in [3.63, 3.8) is 0 Å². The van der Waals surface area contributed by atoms with Crippen LogP contribution in [0, 0.1) is 23.0 Å². The first kappa shape index (κ1) is 37.8. The maximum Gasteiger partial charge on any atom is -1.00 e. The number of hydrogen-bond donors (Lipinski definition) is 0. The summed E-state index contributed by atoms with van der Waals surface area (Å²) in [6.45, 7) is 18.4. The summed E-state index contributed by atoms with van der Waals surface area (Å²) in [6.07, 6.45) is 14.2. The predicted octanol–water partition coefficient (Wildman–Crippen LogP) is 6.04. The number of rotatable bonds is 4. The first-order valence-corrected chi connectivity index (χ1v) is 21.5. The molecule has 0 aromatic heterocycles. The summed E-state index contributed by atoms with van der Waals surface area (Å²) >= 11 is -3.29. The van der Waals surface area contributed by atoms with E-state index >= 15 is 8.78 Å². The van der Waals surface area contributed by atoms with Crippen molar-refractivity contribution in [3.8, 4) is 11.1 Å². The van der Waals surface area contributed by atoms with Gasteiger partial charge in [-0.05, 0) is 0 Å². The van der Waals surface area contributed by atoms with Crippen LogP contribution in [0.15, 0.2) is 106 Å². The number of benzene rings is 4. The quantitative estimate of drug-likeness (QED) is 0.237. The monoisotopic (exact) mass is 794 g/mol. The first-order chi connectivity index (χ1) is 23.1. The van der Waals surface area contributed by atoms with E-state index in [1.807, 2.05) is 24.3 Å². The number of hydrogen-bond acceptors (Lipinski definition) is 0. The molecular weight excluding hydrogens is 753 g/mol. The van der Waals surface area contributed by atoms with E-state index in [4.69, 9.17) is 0 Å². The van der Waals surface area contributed by atoms with Crippen molar-refractivity contribution in [1.82, 2.24) is 0 Å². The van der Waals surface area contributed by atoms with Gasteiger partial charge in [-0.1, -0.05) is 0 Å². The molecule has 0 saturated heterocycles. The van der Waals surface area contributed by atoms with Crippen molar-refractivity contribution < 1.29 is 54.9 Å². The van der Waals surface area contributed by atoms with Crippen LogP contribution in [0.5, 0.6) is 0 Å². The number of allylic oxidation sites excluding steroid dienone is 6. The summed E-state index contributed by atoms with van der Waals surface area (Å²) in [6, 6.07) is 24.0. The zero-order valence-electron chi connectivity index (χ0n) is 30.6. The smallest absolute Gasteiger partial charge is 1.00 e. The Kier molecular flexibility index (Phi) is 9.75. The predicted molar refractivity (Wildman–Crippen MR) is 199 cm³/mol. The number of halogens is 4. The Morgan fingerprint density at radius 1 is 0.686 bits per heavy atom. The van der Waals surface area contributed by atoms with E-state index in [-0.39, 0.29) is 62.2 Å². The normalized spacial score (nSPS) is 18.4. The molecule has 0 radical (unpaired) electrons. The summed E-state index contributed by atoms with van der Waals surface area (Å²) in [5.74, 6) is -0.299. The van der Waals surface area contributed by atoms with Gasteiger partial charge in [-0.3, -0.25) is 0 Å². The topological polar surface area (TPSA) is 0 Å². The van der Waals surface area contributed by atoms with E-state index in [2.05, 4.69) is 116 Å². The summed E-state index contributed by atoms with van der Waals surface area (Å²) in [7, 11) is 0. The molecule has 4 aliphatic rings. The summed E-state index contributed by atoms with van der Waals surface area (Å²) in [5, 5.41) is 0. The minimum Gasteiger partial charge on any atom is -1.00 e. The molecule has 0 amide bonds. The molecule has 1 unspecified atom stereocenters. The molecule has 0 N–H and O–H groups in total. The van der Waals surface area contributed by atoms with Gasteiger partial charge < -0.3 is 24.8 Å². The minimum atomic E-state index is -3.29. The molecule has 0 fully saturated rings. The van der Waals surface area contributed by atoms with E-state index in [9.17, 15) is 0 Å². The fraction of sp³-hybridized carbons (Fsp3) is 0.283. The van der Waals surface area contributed by atoms with Crippen molar-refractivity contribution in [2.24, 2.45) is 11.3 Å². The maximum absolute atomic E-state index is 15.3. The molecule has 0 nitrogen and oxygen atoms in total. The van der Waals surface area contributed by atoms with Crippen molar-refractivity contribution in [2.45, 2.75) is 69.8 Å². The molecular formula is C46H44Cl2F2Zr. The van der Waals surface area contributed by atoms with Crippen LogP contribution in [0.25, 0.3) is 23.3 Å². The van der Waals surface area contributed by atoms with Gasteiger partial charge in [-0.25, -0.2) is 0 Å². The zero-order chi connectivity index (χ0) is 34.6. The van der Waals surface area contributed by atoms with Gasteiger partial charge in [0.25, 0.3) is 0 Å². The van der Waals surface area contributed by atoms with Gasteiger partial charge in [-0.15, -0.1) is 0 Å². The Balaban J connectivity index is 0.00000224. The Morgan fingerprint density at radius 3 is 1.57 bits per heavy atom. The molecule has 4 aliphatic carbocycles. The van der Waals surface area contributed by atoms with Crippen molar-refractivity contribution >= 4 is 15.4 Å². The molecule has 0 heterocycles. The van der Waals surface area contributed by atoms with Crippen molar-refractivity contribution in [3.05, 3.63) is 162 Å². The standard InChI is InChI=1S/C23H21.C13H8F2.C10H15.2ClH.Zr/c1-22(2)7-5-14-10-18-16(12-20(14)22)9-17-13-21-15(11-19(17)18)6-8-23(21,3)4;14-12-5-1-3-10(8-12)7-11-4-2-6-13(15)9-11;1-8-5-6-9(7-8)10(2,3)4;;;/h5-13H,1-4H3;1-6,8-9H;6-8H,1-4H3;2*1H;/q;;;;;+2/p-2. The van der Waals surface area contributed by atoms with Gasteiger partial charge in [0.1, 0.15) is 0 Å². The van der Waals surface area contributed by atoms with Gasteiger partial charge in [0, 0.05) is 0 Å². The van der Waals surface area contributed by atoms with Crippen molar-refractivity contribution in [1.29, 1.82) is 0 Å². The molecule has 51 heavy (non-hydrogen) atoms. The van der Waals surface area contributed by atoms with E-state index in [0.29, 0.717) is 0 Å². The van der Waals surface area contributed by atoms with E-state index in [0.717, 1.165) is 14.3 Å². The molecule has 0 bridgehead atoms. The van der Waals surface area contributed by atoms with Crippen LogP contribution in [0.3, 0.4) is 0 Å². The van der Waals surface area contributed by atoms with Gasteiger partial charge >= 0.3 is 300 Å². The summed E-state index contributed by atoms with van der Waals surface area (Å²) in [5.41, 5.74) is 13.6. The van der Waals surface area contributed by atoms with E-state index < -0.39 is 21.3 Å². The molecule has 8 rings (SSSR count). The molecule has 5 heteroatoms. The van der Waals surface area contributed by atoms with E-state index in [1.165, 1.54) is 65.5 Å². The molecule has 1 atom stereocenters. The second-order valence-corrected chi connectivity index (χ2v) is 22.8. The third-order valence-corrected chi connectivity index (χ3v) is 20.0. The van der Waals surface area contributed by atoms with Crippen LogP contribution < -0.4 is 24.8 Å². The van der Waals surface area contributed by atoms with Crippen LogP contribution in [-0.4, -0.2) is 3.21 Å². The Bertz CT molecular complexity index is 2130. The molecule has 0 saturated carbocycles. The molecule has 4 aromatic carbocycles. The minimum absolute atomic E-state index is 0. The Labute approximate surface area is 322 Å². The largest absolute Gasteiger partial charge is 1.00 e. The zero-order valence-corrected chi connectivity index (χ0v) is 34.5. The average molecular weight is 797 g/mol. The van der Waals surface area contributed by atoms with Gasteiger partial charge in [0.05, 0.1) is 0 Å². The van der Waals surface area contributed by atoms with Gasteiger partial charge in [0.15, 0.2) is 0 Å². The SMILES string of the molecule is CC1C=C(C(C)(C)C)C=[C]1[Zr+2](=[C](c1cccc(F)c1)c1cccc(F)c1)[CH]1c2cc3c(cc2-c2cc4c(cc21)C(C)(C)C=C4)C=CC3(C)C.[Cl-].[Cl-]. The first-order valence-electron chi connectivity index (χ1n) is 17.6. The second kappa shape index (κ2) is 13.2. The molecule has 260 valence electrons. The number of fused-ring (bicyclic) bond motifs is 5. The van der Waals surface area contributed by atoms with E-state index in [1.54, 1.807) is 12.1 Å². The van der Waals surface area contributed by atoms with Gasteiger partial charge in [0.2, 0.25) is 0 Å². The molecule has 4 aromatic rings. The third-order valence-electron chi connectivity index (χ3n) is 11.3. The average Bonchev–Trinajstić information content (AvgIpc) is 3.75. The molecule has 0 aliphatic heterocycles. The third kappa shape index (κ3) is 6.30. The molecule has 0 spiro atoms. The van der Waals surface area contributed by atoms with Crippen LogP contribution in [0.4, 0.5) is 8.78 Å². The van der Waals surface area contributed by atoms with Crippen molar-refractivity contribution in [2.75, 3.05) is 0 Å². The second-order valence-electron chi connectivity index (χ2n) is 16.7. The fourth-order valence-electron chi connectivity index (χ4n) is 8.57. The Morgan fingerprint density at radius 2 is 1.16 bits per heavy atom. The summed E-state index contributed by atoms with van der Waals surface area (Å²) in [4.78, 5) is 0. The fourth-order valence-corrected chi connectivity index (χ4v) is 18.0. The Hall–Kier alpha value is -2.97. The summed E-state index contributed by atoms with van der Waals surface area (Å²) < 4.78 is 33.3. The van der Waals surface area contributed by atoms with Crippen LogP contribution in [0.1, 0.15) is 104 Å². The van der Waals surface area contributed by atoms with Crippen LogP contribution in [-0.2, 0) is 32.1 Å².